The van der Waals surface area contributed by atoms with Crippen molar-refractivity contribution >= 4 is 11.6 Å². The lowest BCUT2D eigenvalue weighted by Crippen LogP contribution is -2.55. The zero-order valence-corrected chi connectivity index (χ0v) is 18.8. The Kier molecular flexibility index (Phi) is 7.15. The Bertz CT molecular complexity index is 993. The highest BCUT2D eigenvalue weighted by Crippen LogP contribution is 2.57. The van der Waals surface area contributed by atoms with E-state index in [1.54, 1.807) is 42.5 Å². The first-order valence-electron chi connectivity index (χ1n) is 10.9. The molecule has 2 fully saturated rings. The van der Waals surface area contributed by atoms with Gasteiger partial charge in [0.05, 0.1) is 6.61 Å². The van der Waals surface area contributed by atoms with Gasteiger partial charge >= 0.3 is 6.18 Å². The number of alkyl halides is 3. The molecule has 0 radical (unpaired) electrons. The number of aliphatic hydroxyl groups excluding tert-OH is 4. The molecule has 1 saturated heterocycles. The minimum absolute atomic E-state index is 0.0812. The fourth-order valence-corrected chi connectivity index (χ4v) is 4.27. The van der Waals surface area contributed by atoms with Gasteiger partial charge < -0.3 is 29.9 Å². The van der Waals surface area contributed by atoms with E-state index in [1.165, 1.54) is 0 Å². The van der Waals surface area contributed by atoms with Gasteiger partial charge in [0, 0.05) is 5.02 Å². The average molecular weight is 503 g/mol. The second-order valence-corrected chi connectivity index (χ2v) is 9.40. The Labute approximate surface area is 199 Å². The number of halogens is 4. The number of hydrogen-bond donors (Lipinski definition) is 4. The van der Waals surface area contributed by atoms with Crippen molar-refractivity contribution in [2.45, 2.75) is 56.0 Å². The molecule has 1 unspecified atom stereocenters. The maximum absolute atomic E-state index is 13.1. The van der Waals surface area contributed by atoms with Crippen LogP contribution < -0.4 is 4.74 Å². The van der Waals surface area contributed by atoms with Crippen LogP contribution in [0, 0.1) is 5.41 Å². The predicted molar refractivity (Wildman–Crippen MR) is 117 cm³/mol. The van der Waals surface area contributed by atoms with Gasteiger partial charge in [0.15, 0.2) is 0 Å². The Hall–Kier alpha value is -1.88. The summed E-state index contributed by atoms with van der Waals surface area (Å²) in [5.41, 5.74) is 0.304. The minimum Gasteiger partial charge on any atom is -0.493 e. The molecule has 4 N–H and O–H groups in total. The van der Waals surface area contributed by atoms with E-state index >= 15 is 0 Å². The zero-order valence-electron chi connectivity index (χ0n) is 18.1. The Morgan fingerprint density at radius 2 is 1.68 bits per heavy atom. The summed E-state index contributed by atoms with van der Waals surface area (Å²) in [6, 6.07) is 11.6. The summed E-state index contributed by atoms with van der Waals surface area (Å²) in [5.74, 6) is 0.348. The molecule has 10 heteroatoms. The molecule has 34 heavy (non-hydrogen) atoms. The van der Waals surface area contributed by atoms with Crippen LogP contribution >= 0.6 is 11.6 Å². The molecule has 1 aliphatic heterocycles. The molecule has 6 nitrogen and oxygen atoms in total. The number of benzene rings is 2. The smallest absolute Gasteiger partial charge is 0.397 e. The second-order valence-electron chi connectivity index (χ2n) is 8.99. The van der Waals surface area contributed by atoms with Gasteiger partial charge in [0.2, 0.25) is 0 Å². The standard InChI is InChI=1S/C24H26ClF3O6/c25-17-6-3-14(22-21(32)20(31)19(30)18(11-29)34-22)10-15(17)9-13-1-4-16(5-2-13)33-12-23(7-8-23)24(26,27)28/h1-6,10,18-22,29-32H,7-9,11-12H2/t18-,19-,20+,21-,22?/m1/s1. The van der Waals surface area contributed by atoms with E-state index in [-0.39, 0.29) is 12.8 Å². The van der Waals surface area contributed by atoms with E-state index in [0.29, 0.717) is 28.3 Å². The lowest BCUT2D eigenvalue weighted by molar-refractivity contribution is -0.231. The summed E-state index contributed by atoms with van der Waals surface area (Å²) >= 11 is 6.35. The number of rotatable bonds is 7. The molecule has 0 amide bonds. The first kappa shape index (κ1) is 25.2. The van der Waals surface area contributed by atoms with E-state index in [1.807, 2.05) is 0 Å². The van der Waals surface area contributed by atoms with Gasteiger partial charge in [-0.3, -0.25) is 0 Å². The molecule has 5 atom stereocenters. The molecule has 2 aliphatic rings. The number of hydrogen-bond acceptors (Lipinski definition) is 6. The van der Waals surface area contributed by atoms with Gasteiger partial charge in [-0.05, 0) is 54.2 Å². The van der Waals surface area contributed by atoms with Crippen LogP contribution in [0.15, 0.2) is 42.5 Å². The van der Waals surface area contributed by atoms with Crippen LogP contribution in [0.2, 0.25) is 5.02 Å². The first-order valence-corrected chi connectivity index (χ1v) is 11.3. The van der Waals surface area contributed by atoms with Crippen molar-refractivity contribution in [2.75, 3.05) is 13.2 Å². The van der Waals surface area contributed by atoms with Crippen molar-refractivity contribution in [1.29, 1.82) is 0 Å². The highest BCUT2D eigenvalue weighted by atomic mass is 35.5. The molecule has 2 aromatic rings. The van der Waals surface area contributed by atoms with Crippen LogP contribution in [0.25, 0.3) is 0 Å². The fraction of sp³-hybridized carbons (Fsp3) is 0.500. The van der Waals surface area contributed by atoms with Crippen LogP contribution in [0.4, 0.5) is 13.2 Å². The fourth-order valence-electron chi connectivity index (χ4n) is 4.09. The van der Waals surface area contributed by atoms with Crippen molar-refractivity contribution in [3.8, 4) is 5.75 Å². The summed E-state index contributed by atoms with van der Waals surface area (Å²) in [5, 5.41) is 40.3. The van der Waals surface area contributed by atoms with Crippen LogP contribution in [-0.2, 0) is 11.2 Å². The monoisotopic (exact) mass is 502 g/mol. The molecule has 0 bridgehead atoms. The highest BCUT2D eigenvalue weighted by Gasteiger charge is 2.63. The van der Waals surface area contributed by atoms with Gasteiger partial charge in [-0.1, -0.05) is 35.9 Å². The molecule has 0 spiro atoms. The van der Waals surface area contributed by atoms with E-state index in [9.17, 15) is 33.6 Å². The average Bonchev–Trinajstić information content (AvgIpc) is 3.60. The Morgan fingerprint density at radius 3 is 2.26 bits per heavy atom. The second kappa shape index (κ2) is 9.64. The van der Waals surface area contributed by atoms with E-state index in [2.05, 4.69) is 0 Å². The topological polar surface area (TPSA) is 99.4 Å². The maximum Gasteiger partial charge on any atom is 0.397 e. The van der Waals surface area contributed by atoms with Crippen molar-refractivity contribution in [1.82, 2.24) is 0 Å². The third-order valence-electron chi connectivity index (χ3n) is 6.58. The molecule has 186 valence electrons. The number of aliphatic hydroxyl groups is 4. The predicted octanol–water partition coefficient (Wildman–Crippen LogP) is 3.17. The van der Waals surface area contributed by atoms with Crippen molar-refractivity contribution in [2.24, 2.45) is 5.41 Å². The molecule has 1 aliphatic carbocycles. The Morgan fingerprint density at radius 1 is 1.00 bits per heavy atom. The minimum atomic E-state index is -4.27. The maximum atomic E-state index is 13.1. The van der Waals surface area contributed by atoms with E-state index < -0.39 is 55.3 Å². The van der Waals surface area contributed by atoms with Crippen LogP contribution in [0.5, 0.6) is 5.75 Å². The van der Waals surface area contributed by atoms with Crippen molar-refractivity contribution < 1.29 is 43.1 Å². The highest BCUT2D eigenvalue weighted by molar-refractivity contribution is 6.31. The van der Waals surface area contributed by atoms with Gasteiger partial charge in [-0.25, -0.2) is 0 Å². The first-order chi connectivity index (χ1) is 16.0. The molecule has 1 saturated carbocycles. The number of ether oxygens (including phenoxy) is 2. The summed E-state index contributed by atoms with van der Waals surface area (Å²) in [6.45, 7) is -0.927. The Balaban J connectivity index is 1.45. The third-order valence-corrected chi connectivity index (χ3v) is 6.95. The molecular weight excluding hydrogens is 477 g/mol. The van der Waals surface area contributed by atoms with Gasteiger partial charge in [0.1, 0.15) is 48.3 Å². The van der Waals surface area contributed by atoms with Crippen molar-refractivity contribution in [3.63, 3.8) is 0 Å². The van der Waals surface area contributed by atoms with Gasteiger partial charge in [0.25, 0.3) is 0 Å². The van der Waals surface area contributed by atoms with Crippen molar-refractivity contribution in [3.05, 3.63) is 64.2 Å². The molecular formula is C24H26ClF3O6. The van der Waals surface area contributed by atoms with E-state index in [4.69, 9.17) is 21.1 Å². The third kappa shape index (κ3) is 5.05. The summed E-state index contributed by atoms with van der Waals surface area (Å²) in [4.78, 5) is 0. The SMILES string of the molecule is OC[C@H]1OC(c2ccc(Cl)c(Cc3ccc(OCC4(C(F)(F)F)CC4)cc3)c2)[C@H](O)[C@@H](O)[C@@H]1O. The van der Waals surface area contributed by atoms with Gasteiger partial charge in [-0.2, -0.15) is 13.2 Å². The molecule has 4 rings (SSSR count). The molecule has 0 aromatic heterocycles. The summed E-state index contributed by atoms with van der Waals surface area (Å²) in [6.07, 6.45) is -10.1. The quantitative estimate of drug-likeness (QED) is 0.464. The zero-order chi connectivity index (χ0) is 24.7. The van der Waals surface area contributed by atoms with Crippen LogP contribution in [0.3, 0.4) is 0 Å². The summed E-state index contributed by atoms with van der Waals surface area (Å²) < 4.78 is 50.2. The largest absolute Gasteiger partial charge is 0.493 e. The van der Waals surface area contributed by atoms with Gasteiger partial charge in [-0.15, -0.1) is 0 Å². The van der Waals surface area contributed by atoms with Crippen LogP contribution in [-0.4, -0.2) is 64.2 Å². The molecule has 2 aromatic carbocycles. The summed E-state index contributed by atoms with van der Waals surface area (Å²) in [7, 11) is 0. The normalized spacial score (nSPS) is 28.5. The lowest BCUT2D eigenvalue weighted by Gasteiger charge is -2.40. The molecule has 1 heterocycles. The lowest BCUT2D eigenvalue weighted by atomic mass is 9.90. The van der Waals surface area contributed by atoms with E-state index in [0.717, 1.165) is 5.56 Å². The van der Waals surface area contributed by atoms with Crippen LogP contribution in [0.1, 0.15) is 35.6 Å².